The highest BCUT2D eigenvalue weighted by Gasteiger charge is 2.10. The molecule has 0 aliphatic carbocycles. The van der Waals surface area contributed by atoms with Crippen LogP contribution in [-0.4, -0.2) is 14.5 Å². The summed E-state index contributed by atoms with van der Waals surface area (Å²) < 4.78 is 2.46. The highest BCUT2D eigenvalue weighted by Crippen LogP contribution is 2.23. The third kappa shape index (κ3) is 1.23. The van der Waals surface area contributed by atoms with Crippen LogP contribution in [0.2, 0.25) is 0 Å². The van der Waals surface area contributed by atoms with E-state index in [-0.39, 0.29) is 6.61 Å². The fourth-order valence-electron chi connectivity index (χ4n) is 1.32. The minimum atomic E-state index is -0.190. The Labute approximate surface area is 88.5 Å². The van der Waals surface area contributed by atoms with Gasteiger partial charge < -0.3 is 16.6 Å². The molecule has 6 heteroatoms. The molecule has 0 amide bonds. The fourth-order valence-corrected chi connectivity index (χ4v) is 1.77. The number of aromatic nitrogens is 2. The van der Waals surface area contributed by atoms with Crippen molar-refractivity contribution in [3.05, 3.63) is 22.4 Å². The maximum Gasteiger partial charge on any atom is 0.162 e. The second-order valence-electron chi connectivity index (χ2n) is 2.91. The van der Waals surface area contributed by atoms with Crippen molar-refractivity contribution in [2.24, 2.45) is 0 Å². The summed E-state index contributed by atoms with van der Waals surface area (Å²) in [6, 6.07) is 1.74. The van der Waals surface area contributed by atoms with Crippen molar-refractivity contribution in [2.45, 2.75) is 6.61 Å². The number of pyridine rings is 1. The van der Waals surface area contributed by atoms with Gasteiger partial charge in [0.15, 0.2) is 5.65 Å². The molecule has 74 valence electrons. The van der Waals surface area contributed by atoms with Crippen molar-refractivity contribution in [1.29, 1.82) is 0 Å². The van der Waals surface area contributed by atoms with Crippen molar-refractivity contribution in [3.8, 4) is 0 Å². The summed E-state index contributed by atoms with van der Waals surface area (Å²) in [4.78, 5) is 4.11. The standard InChI is InChI=1S/C8H9BrN4O/c9-4-1-5(10)8-12-6(3-14)7(11)13(8)2-4/h1-2,14H,3,10-11H2. The molecule has 0 aliphatic heterocycles. The van der Waals surface area contributed by atoms with E-state index in [1.165, 1.54) is 0 Å². The number of halogens is 1. The molecule has 0 fully saturated rings. The molecule has 0 aromatic carbocycles. The molecule has 2 aromatic heterocycles. The predicted octanol–water partition coefficient (Wildman–Crippen LogP) is 0.754. The first-order valence-corrected chi connectivity index (χ1v) is 4.75. The molecule has 0 unspecified atom stereocenters. The Morgan fingerprint density at radius 2 is 2.21 bits per heavy atom. The minimum Gasteiger partial charge on any atom is -0.396 e. The molecule has 0 radical (unpaired) electrons. The molecule has 2 heterocycles. The normalized spacial score (nSPS) is 11.0. The molecule has 0 aliphatic rings. The first-order chi connectivity index (χ1) is 6.63. The van der Waals surface area contributed by atoms with Crippen LogP contribution < -0.4 is 11.5 Å². The number of imidazole rings is 1. The summed E-state index contributed by atoms with van der Waals surface area (Å²) in [5.41, 5.74) is 13.0. The Bertz CT molecular complexity index is 494. The number of hydrogen-bond donors (Lipinski definition) is 3. The van der Waals surface area contributed by atoms with Crippen molar-refractivity contribution in [2.75, 3.05) is 11.5 Å². The first-order valence-electron chi connectivity index (χ1n) is 3.95. The average molecular weight is 257 g/mol. The van der Waals surface area contributed by atoms with Crippen LogP contribution in [0.25, 0.3) is 5.65 Å². The topological polar surface area (TPSA) is 89.6 Å². The molecule has 5 nitrogen and oxygen atoms in total. The summed E-state index contributed by atoms with van der Waals surface area (Å²) in [5.74, 6) is 0.413. The first kappa shape index (κ1) is 9.29. The number of nitrogens with zero attached hydrogens (tertiary/aromatic N) is 2. The molecule has 0 saturated carbocycles. The SMILES string of the molecule is Nc1cc(Br)cn2c(N)c(CO)nc12. The number of aliphatic hydroxyl groups excluding tert-OH is 1. The van der Waals surface area contributed by atoms with Crippen LogP contribution in [0.4, 0.5) is 11.5 Å². The van der Waals surface area contributed by atoms with Crippen LogP contribution in [0.3, 0.4) is 0 Å². The van der Waals surface area contributed by atoms with Gasteiger partial charge in [0, 0.05) is 10.7 Å². The van der Waals surface area contributed by atoms with Gasteiger partial charge in [-0.3, -0.25) is 4.40 Å². The molecule has 5 N–H and O–H groups in total. The van der Waals surface area contributed by atoms with E-state index < -0.39 is 0 Å². The van der Waals surface area contributed by atoms with Gasteiger partial charge in [0.25, 0.3) is 0 Å². The van der Waals surface area contributed by atoms with E-state index in [2.05, 4.69) is 20.9 Å². The molecule has 2 aromatic rings. The lowest BCUT2D eigenvalue weighted by atomic mass is 10.4. The number of fused-ring (bicyclic) bond motifs is 1. The van der Waals surface area contributed by atoms with Gasteiger partial charge in [-0.2, -0.15) is 0 Å². The zero-order valence-corrected chi connectivity index (χ0v) is 8.82. The van der Waals surface area contributed by atoms with Crippen molar-refractivity contribution in [1.82, 2.24) is 9.38 Å². The summed E-state index contributed by atoms with van der Waals surface area (Å²) in [5, 5.41) is 8.97. The lowest BCUT2D eigenvalue weighted by Crippen LogP contribution is -1.97. The van der Waals surface area contributed by atoms with Crippen LogP contribution in [0, 0.1) is 0 Å². The largest absolute Gasteiger partial charge is 0.396 e. The molecule has 0 spiro atoms. The molecule has 2 rings (SSSR count). The van der Waals surface area contributed by atoms with Gasteiger partial charge in [-0.15, -0.1) is 0 Å². The molecule has 0 bridgehead atoms. The van der Waals surface area contributed by atoms with E-state index in [0.29, 0.717) is 22.8 Å². The van der Waals surface area contributed by atoms with E-state index in [9.17, 15) is 0 Å². The Morgan fingerprint density at radius 3 is 2.86 bits per heavy atom. The Hall–Kier alpha value is -1.27. The van der Waals surface area contributed by atoms with E-state index in [0.717, 1.165) is 4.47 Å². The van der Waals surface area contributed by atoms with Gasteiger partial charge in [-0.1, -0.05) is 0 Å². The summed E-state index contributed by atoms with van der Waals surface area (Å²) in [6.45, 7) is -0.190. The summed E-state index contributed by atoms with van der Waals surface area (Å²) in [7, 11) is 0. The number of anilines is 2. The third-order valence-electron chi connectivity index (χ3n) is 1.98. The van der Waals surface area contributed by atoms with Gasteiger partial charge in [0.05, 0.1) is 12.3 Å². The number of nitrogen functional groups attached to an aromatic ring is 2. The van der Waals surface area contributed by atoms with Gasteiger partial charge in [0.1, 0.15) is 11.5 Å². The van der Waals surface area contributed by atoms with E-state index in [1.54, 1.807) is 16.7 Å². The second-order valence-corrected chi connectivity index (χ2v) is 3.82. The van der Waals surface area contributed by atoms with Crippen molar-refractivity contribution < 1.29 is 5.11 Å². The van der Waals surface area contributed by atoms with E-state index in [4.69, 9.17) is 16.6 Å². The lowest BCUT2D eigenvalue weighted by Gasteiger charge is -2.00. The van der Waals surface area contributed by atoms with Crippen LogP contribution in [0.15, 0.2) is 16.7 Å². The van der Waals surface area contributed by atoms with Crippen molar-refractivity contribution in [3.63, 3.8) is 0 Å². The van der Waals surface area contributed by atoms with Crippen molar-refractivity contribution >= 4 is 33.1 Å². The highest BCUT2D eigenvalue weighted by atomic mass is 79.9. The lowest BCUT2D eigenvalue weighted by molar-refractivity contribution is 0.278. The summed E-state index contributed by atoms with van der Waals surface area (Å²) in [6.07, 6.45) is 1.76. The predicted molar refractivity (Wildman–Crippen MR) is 57.6 cm³/mol. The highest BCUT2D eigenvalue weighted by molar-refractivity contribution is 9.10. The van der Waals surface area contributed by atoms with Gasteiger partial charge in [0.2, 0.25) is 0 Å². The smallest absolute Gasteiger partial charge is 0.162 e. The zero-order chi connectivity index (χ0) is 10.3. The Morgan fingerprint density at radius 1 is 1.50 bits per heavy atom. The van der Waals surface area contributed by atoms with Crippen LogP contribution in [-0.2, 0) is 6.61 Å². The van der Waals surface area contributed by atoms with E-state index in [1.807, 2.05) is 0 Å². The summed E-state index contributed by atoms with van der Waals surface area (Å²) >= 11 is 3.30. The molecule has 0 atom stereocenters. The quantitative estimate of drug-likeness (QED) is 0.703. The minimum absolute atomic E-state index is 0.190. The monoisotopic (exact) mass is 256 g/mol. The molecule has 0 saturated heterocycles. The maximum atomic E-state index is 8.97. The van der Waals surface area contributed by atoms with Crippen LogP contribution >= 0.6 is 15.9 Å². The van der Waals surface area contributed by atoms with Crippen LogP contribution in [0.1, 0.15) is 5.69 Å². The maximum absolute atomic E-state index is 8.97. The number of nitrogens with two attached hydrogens (primary N) is 2. The Kier molecular flexibility index (Phi) is 2.09. The number of hydrogen-bond acceptors (Lipinski definition) is 4. The van der Waals surface area contributed by atoms with Gasteiger partial charge in [-0.25, -0.2) is 4.98 Å². The van der Waals surface area contributed by atoms with Gasteiger partial charge >= 0.3 is 0 Å². The number of aliphatic hydroxyl groups is 1. The zero-order valence-electron chi connectivity index (χ0n) is 7.24. The van der Waals surface area contributed by atoms with E-state index >= 15 is 0 Å². The number of rotatable bonds is 1. The fraction of sp³-hybridized carbons (Fsp3) is 0.125. The Balaban J connectivity index is 2.85. The molecule has 14 heavy (non-hydrogen) atoms. The second kappa shape index (κ2) is 3.14. The average Bonchev–Trinajstić information content (AvgIpc) is 2.44. The third-order valence-corrected chi connectivity index (χ3v) is 2.41. The molecular weight excluding hydrogens is 248 g/mol. The van der Waals surface area contributed by atoms with Gasteiger partial charge in [-0.05, 0) is 22.0 Å². The van der Waals surface area contributed by atoms with Crippen LogP contribution in [0.5, 0.6) is 0 Å². The molecular formula is C8H9BrN4O.